The maximum atomic E-state index is 13.4. The predicted molar refractivity (Wildman–Crippen MR) is 139 cm³/mol. The van der Waals surface area contributed by atoms with Crippen LogP contribution in [0.2, 0.25) is 0 Å². The van der Waals surface area contributed by atoms with Gasteiger partial charge in [0.15, 0.2) is 5.17 Å². The van der Waals surface area contributed by atoms with Gasteiger partial charge in [0.25, 0.3) is 0 Å². The summed E-state index contributed by atoms with van der Waals surface area (Å²) < 4.78 is 45.4. The van der Waals surface area contributed by atoms with E-state index in [0.29, 0.717) is 40.2 Å². The van der Waals surface area contributed by atoms with E-state index in [-0.39, 0.29) is 24.5 Å². The molecule has 6 nitrogen and oxygen atoms in total. The van der Waals surface area contributed by atoms with E-state index in [9.17, 15) is 22.8 Å². The Morgan fingerprint density at radius 1 is 1.11 bits per heavy atom. The normalized spacial score (nSPS) is 19.1. The van der Waals surface area contributed by atoms with Gasteiger partial charge in [-0.1, -0.05) is 54.2 Å². The molecule has 2 aromatic carbocycles. The van der Waals surface area contributed by atoms with E-state index in [1.807, 2.05) is 35.7 Å². The van der Waals surface area contributed by atoms with Gasteiger partial charge in [-0.25, -0.2) is 9.79 Å². The molecule has 1 N–H and O–H groups in total. The summed E-state index contributed by atoms with van der Waals surface area (Å²) >= 11 is 1.31. The van der Waals surface area contributed by atoms with Crippen molar-refractivity contribution in [2.45, 2.75) is 38.4 Å². The minimum absolute atomic E-state index is 0.0483. The van der Waals surface area contributed by atoms with Gasteiger partial charge < -0.3 is 15.0 Å². The molecule has 1 aliphatic carbocycles. The maximum Gasteiger partial charge on any atom is 0.416 e. The maximum absolute atomic E-state index is 13.4. The summed E-state index contributed by atoms with van der Waals surface area (Å²) in [7, 11) is 0. The Balaban J connectivity index is 1.59. The van der Waals surface area contributed by atoms with E-state index in [0.717, 1.165) is 25.0 Å². The highest BCUT2D eigenvalue weighted by Crippen LogP contribution is 2.47. The molecule has 38 heavy (non-hydrogen) atoms. The van der Waals surface area contributed by atoms with Crippen molar-refractivity contribution < 1.29 is 27.5 Å². The molecule has 2 heterocycles. The Hall–Kier alpha value is -3.53. The van der Waals surface area contributed by atoms with Crippen molar-refractivity contribution in [3.8, 4) is 0 Å². The fourth-order valence-corrected chi connectivity index (χ4v) is 5.38. The Morgan fingerprint density at radius 3 is 2.45 bits per heavy atom. The van der Waals surface area contributed by atoms with Gasteiger partial charge in [-0.3, -0.25) is 4.79 Å². The highest BCUT2D eigenvalue weighted by atomic mass is 32.2. The third kappa shape index (κ3) is 5.50. The number of amidine groups is 1. The number of nitrogens with zero attached hydrogens (tertiary/aromatic N) is 2. The molecule has 1 amide bonds. The van der Waals surface area contributed by atoms with E-state index >= 15 is 0 Å². The summed E-state index contributed by atoms with van der Waals surface area (Å²) in [6, 6.07) is 13.0. The number of rotatable bonds is 8. The summed E-state index contributed by atoms with van der Waals surface area (Å²) in [6.45, 7) is 2.42. The number of carbonyl (C=O) groups is 2. The van der Waals surface area contributed by atoms with Crippen molar-refractivity contribution in [2.24, 2.45) is 10.9 Å². The highest BCUT2D eigenvalue weighted by Gasteiger charge is 2.42. The van der Waals surface area contributed by atoms with Crippen molar-refractivity contribution >= 4 is 34.5 Å². The van der Waals surface area contributed by atoms with Crippen LogP contribution in [-0.4, -0.2) is 35.1 Å². The van der Waals surface area contributed by atoms with Crippen LogP contribution >= 0.6 is 11.8 Å². The van der Waals surface area contributed by atoms with Gasteiger partial charge in [-0.05, 0) is 48.8 Å². The first-order valence-electron chi connectivity index (χ1n) is 12.4. The first-order valence-corrected chi connectivity index (χ1v) is 13.3. The molecule has 3 aliphatic rings. The summed E-state index contributed by atoms with van der Waals surface area (Å²) in [6.07, 6.45) is -2.24. The molecule has 0 radical (unpaired) electrons. The Morgan fingerprint density at radius 2 is 1.82 bits per heavy atom. The van der Waals surface area contributed by atoms with Crippen LogP contribution in [-0.2, 0) is 20.5 Å². The molecule has 1 atom stereocenters. The number of thioether (sulfide) groups is 1. The lowest BCUT2D eigenvalue weighted by atomic mass is 9.91. The number of nitrogens with one attached hydrogen (secondary N) is 1. The van der Waals surface area contributed by atoms with Crippen molar-refractivity contribution in [2.75, 3.05) is 13.2 Å². The van der Waals surface area contributed by atoms with Crippen LogP contribution in [0.4, 0.5) is 13.2 Å². The van der Waals surface area contributed by atoms with Crippen LogP contribution in [0, 0.1) is 5.92 Å². The smallest absolute Gasteiger partial charge is 0.416 e. The zero-order valence-corrected chi connectivity index (χ0v) is 21.4. The first kappa shape index (κ1) is 26.1. The third-order valence-corrected chi connectivity index (χ3v) is 7.42. The van der Waals surface area contributed by atoms with Gasteiger partial charge in [0.05, 0.1) is 35.9 Å². The minimum atomic E-state index is -4.50. The van der Waals surface area contributed by atoms with Gasteiger partial charge in [-0.2, -0.15) is 13.2 Å². The lowest BCUT2D eigenvalue weighted by Gasteiger charge is -2.37. The molecule has 1 unspecified atom stereocenters. The van der Waals surface area contributed by atoms with Gasteiger partial charge in [0, 0.05) is 17.8 Å². The van der Waals surface area contributed by atoms with E-state index in [2.05, 4.69) is 5.32 Å². The molecule has 2 aliphatic heterocycles. The fraction of sp³-hybridized carbons (Fsp3) is 0.321. The number of carbonyl (C=O) groups excluding carboxylic acids is 2. The quantitative estimate of drug-likeness (QED) is 0.422. The van der Waals surface area contributed by atoms with Crippen molar-refractivity contribution in [1.82, 2.24) is 10.2 Å². The fourth-order valence-electron chi connectivity index (χ4n) is 4.47. The number of esters is 1. The molecule has 2 aromatic rings. The molecule has 5 rings (SSSR count). The van der Waals surface area contributed by atoms with E-state index in [1.54, 1.807) is 11.8 Å². The van der Waals surface area contributed by atoms with E-state index in [1.165, 1.54) is 23.9 Å². The van der Waals surface area contributed by atoms with Crippen molar-refractivity contribution in [1.29, 1.82) is 0 Å². The van der Waals surface area contributed by atoms with Crippen LogP contribution in [0.15, 0.2) is 76.3 Å². The topological polar surface area (TPSA) is 71.0 Å². The summed E-state index contributed by atoms with van der Waals surface area (Å²) in [4.78, 5) is 32.7. The molecule has 10 heteroatoms. The second kappa shape index (κ2) is 10.7. The van der Waals surface area contributed by atoms with Gasteiger partial charge in [0.1, 0.15) is 0 Å². The number of ether oxygens (including phenoxy) is 1. The standard InChI is InChI=1S/C28H26F3N3O3S/c1-2-37-26(36)23-24(18-6-4-3-5-7-18)33-27-34(21(16-38-27)14-22(35)32-15-17-8-9-17)25(23)19-10-12-20(13-11-19)28(29,30)31/h3-7,10-13,16-17,25H,2,8-9,14-15H2,1H3,(H,32,35). The number of hydrogen-bond acceptors (Lipinski definition) is 6. The number of alkyl halides is 3. The lowest BCUT2D eigenvalue weighted by Crippen LogP contribution is -2.38. The Kier molecular flexibility index (Phi) is 7.34. The number of amides is 1. The van der Waals surface area contributed by atoms with Crippen LogP contribution in [0.3, 0.4) is 0 Å². The molecule has 0 saturated heterocycles. The molecule has 1 saturated carbocycles. The summed E-state index contributed by atoms with van der Waals surface area (Å²) in [5.74, 6) is -0.259. The number of halogens is 3. The van der Waals surface area contributed by atoms with Crippen molar-refractivity contribution in [3.63, 3.8) is 0 Å². The second-order valence-corrected chi connectivity index (χ2v) is 10.1. The lowest BCUT2D eigenvalue weighted by molar-refractivity contribution is -0.139. The molecule has 0 aromatic heterocycles. The summed E-state index contributed by atoms with van der Waals surface area (Å²) in [5.41, 5.74) is 1.54. The van der Waals surface area contributed by atoms with Crippen LogP contribution < -0.4 is 5.32 Å². The third-order valence-electron chi connectivity index (χ3n) is 6.53. The second-order valence-electron chi connectivity index (χ2n) is 9.29. The Bertz CT molecular complexity index is 1320. The molecular formula is C28H26F3N3O3S. The van der Waals surface area contributed by atoms with E-state index in [4.69, 9.17) is 9.73 Å². The highest BCUT2D eigenvalue weighted by molar-refractivity contribution is 8.16. The number of hydrogen-bond donors (Lipinski definition) is 1. The van der Waals surface area contributed by atoms with E-state index < -0.39 is 23.8 Å². The Labute approximate surface area is 222 Å². The van der Waals surface area contributed by atoms with Gasteiger partial charge >= 0.3 is 12.1 Å². The summed E-state index contributed by atoms with van der Waals surface area (Å²) in [5, 5.41) is 5.29. The average Bonchev–Trinajstić information content (AvgIpc) is 3.66. The van der Waals surface area contributed by atoms with Crippen LogP contribution in [0.1, 0.15) is 48.9 Å². The molecule has 1 fully saturated rings. The zero-order valence-electron chi connectivity index (χ0n) is 20.6. The SMILES string of the molecule is CCOC(=O)C1=C(c2ccccc2)N=C2SC=C(CC(=O)NCC3CC3)N2C1c1ccc(C(F)(F)F)cc1. The monoisotopic (exact) mass is 541 g/mol. The largest absolute Gasteiger partial charge is 0.463 e. The number of fused-ring (bicyclic) bond motifs is 1. The molecule has 0 spiro atoms. The van der Waals surface area contributed by atoms with Crippen molar-refractivity contribution in [3.05, 3.63) is 88.0 Å². The predicted octanol–water partition coefficient (Wildman–Crippen LogP) is 5.90. The molecule has 0 bridgehead atoms. The van der Waals surface area contributed by atoms with Crippen LogP contribution in [0.5, 0.6) is 0 Å². The first-order chi connectivity index (χ1) is 18.3. The van der Waals surface area contributed by atoms with Gasteiger partial charge in [-0.15, -0.1) is 0 Å². The zero-order chi connectivity index (χ0) is 26.9. The minimum Gasteiger partial charge on any atom is -0.463 e. The number of aliphatic imine (C=N–C) groups is 1. The number of benzene rings is 2. The molecule has 198 valence electrons. The average molecular weight is 542 g/mol. The molecular weight excluding hydrogens is 515 g/mol. The van der Waals surface area contributed by atoms with Gasteiger partial charge in [0.2, 0.25) is 5.91 Å². The van der Waals surface area contributed by atoms with Crippen LogP contribution in [0.25, 0.3) is 5.70 Å².